The summed E-state index contributed by atoms with van der Waals surface area (Å²) in [5.74, 6) is 1.03. The molecule has 7 nitrogen and oxygen atoms in total. The van der Waals surface area contributed by atoms with Crippen LogP contribution in [0.4, 0.5) is 5.00 Å². The van der Waals surface area contributed by atoms with Crippen LogP contribution in [0.2, 0.25) is 0 Å². The molecule has 0 atom stereocenters. The Kier molecular flexibility index (Phi) is 7.62. The standard InChI is InChI=1S/C23H26N4O3S2/c28-23(20-16-19(17-24-20)18-6-2-1-3-7-18)26-13-11-25(12-14-26)10-4-5-15-31-22-9-8-21(32-22)27(29)30/h1-3,6-9,16-17,24H,4-5,10-15H2. The van der Waals surface area contributed by atoms with E-state index in [9.17, 15) is 14.9 Å². The van der Waals surface area contributed by atoms with Crippen LogP contribution in [0, 0.1) is 10.1 Å². The number of unbranched alkanes of at least 4 members (excludes halogenated alkanes) is 1. The number of aromatic nitrogens is 1. The van der Waals surface area contributed by atoms with Gasteiger partial charge in [0.1, 0.15) is 5.69 Å². The summed E-state index contributed by atoms with van der Waals surface area (Å²) in [4.78, 5) is 30.7. The molecule has 1 fully saturated rings. The van der Waals surface area contributed by atoms with E-state index in [0.717, 1.165) is 66.7 Å². The molecule has 1 saturated heterocycles. The van der Waals surface area contributed by atoms with Crippen molar-refractivity contribution in [2.75, 3.05) is 38.5 Å². The quantitative estimate of drug-likeness (QED) is 0.206. The third-order valence-electron chi connectivity index (χ3n) is 5.54. The summed E-state index contributed by atoms with van der Waals surface area (Å²) in [6, 6.07) is 15.4. The van der Waals surface area contributed by atoms with Crippen molar-refractivity contribution in [2.24, 2.45) is 0 Å². The second kappa shape index (κ2) is 10.8. The zero-order valence-corrected chi connectivity index (χ0v) is 19.4. The summed E-state index contributed by atoms with van der Waals surface area (Å²) in [7, 11) is 0. The number of thioether (sulfide) groups is 1. The normalized spacial score (nSPS) is 14.6. The molecule has 32 heavy (non-hydrogen) atoms. The number of piperazine rings is 1. The highest BCUT2D eigenvalue weighted by Crippen LogP contribution is 2.32. The Labute approximate surface area is 195 Å². The second-order valence-corrected chi connectivity index (χ2v) is 10.2. The van der Waals surface area contributed by atoms with Crippen LogP contribution in [0.3, 0.4) is 0 Å². The summed E-state index contributed by atoms with van der Waals surface area (Å²) in [6.07, 6.45) is 4.05. The van der Waals surface area contributed by atoms with Crippen molar-refractivity contribution >= 4 is 34.0 Å². The second-order valence-electron chi connectivity index (χ2n) is 7.71. The summed E-state index contributed by atoms with van der Waals surface area (Å²) in [5.41, 5.74) is 2.77. The lowest BCUT2D eigenvalue weighted by Gasteiger charge is -2.34. The van der Waals surface area contributed by atoms with Gasteiger partial charge < -0.3 is 9.88 Å². The molecule has 2 aromatic heterocycles. The van der Waals surface area contributed by atoms with E-state index in [1.165, 1.54) is 11.3 Å². The first-order valence-electron chi connectivity index (χ1n) is 10.7. The Bertz CT molecular complexity index is 1040. The summed E-state index contributed by atoms with van der Waals surface area (Å²) < 4.78 is 1.00. The lowest BCUT2D eigenvalue weighted by atomic mass is 10.1. The number of aromatic amines is 1. The van der Waals surface area contributed by atoms with Gasteiger partial charge in [0.25, 0.3) is 5.91 Å². The molecule has 3 heterocycles. The molecule has 0 aliphatic carbocycles. The van der Waals surface area contributed by atoms with Crippen LogP contribution >= 0.6 is 23.1 Å². The molecular formula is C23H26N4O3S2. The summed E-state index contributed by atoms with van der Waals surface area (Å²) in [6.45, 7) is 4.29. The average molecular weight is 471 g/mol. The molecule has 1 aliphatic heterocycles. The lowest BCUT2D eigenvalue weighted by molar-refractivity contribution is -0.380. The molecule has 0 spiro atoms. The molecule has 1 amide bonds. The first kappa shape index (κ1) is 22.6. The largest absolute Gasteiger partial charge is 0.357 e. The van der Waals surface area contributed by atoms with Gasteiger partial charge in [-0.1, -0.05) is 41.7 Å². The van der Waals surface area contributed by atoms with Crippen LogP contribution in [0.25, 0.3) is 11.1 Å². The SMILES string of the molecule is O=C(c1cc(-c2ccccc2)c[nH]1)N1CCN(CCCCSc2ccc([N+](=O)[O-])s2)CC1. The van der Waals surface area contributed by atoms with E-state index in [4.69, 9.17) is 0 Å². The fourth-order valence-corrected chi connectivity index (χ4v) is 5.76. The Hall–Kier alpha value is -2.62. The van der Waals surface area contributed by atoms with Crippen LogP contribution in [0.15, 0.2) is 58.9 Å². The van der Waals surface area contributed by atoms with Crippen molar-refractivity contribution < 1.29 is 9.72 Å². The van der Waals surface area contributed by atoms with E-state index in [1.807, 2.05) is 53.6 Å². The lowest BCUT2D eigenvalue weighted by Crippen LogP contribution is -2.48. The van der Waals surface area contributed by atoms with Crippen LogP contribution in [0.1, 0.15) is 23.3 Å². The molecule has 168 valence electrons. The van der Waals surface area contributed by atoms with Crippen molar-refractivity contribution in [3.8, 4) is 11.1 Å². The number of nitrogens with one attached hydrogen (secondary N) is 1. The van der Waals surface area contributed by atoms with Gasteiger partial charge in [-0.3, -0.25) is 19.8 Å². The van der Waals surface area contributed by atoms with Gasteiger partial charge in [-0.15, -0.1) is 11.8 Å². The number of hydrogen-bond acceptors (Lipinski definition) is 6. The number of benzene rings is 1. The molecule has 0 bridgehead atoms. The van der Waals surface area contributed by atoms with Crippen molar-refractivity contribution in [1.29, 1.82) is 0 Å². The number of carbonyl (C=O) groups is 1. The average Bonchev–Trinajstić information content (AvgIpc) is 3.50. The van der Waals surface area contributed by atoms with Gasteiger partial charge in [-0.25, -0.2) is 0 Å². The molecule has 0 unspecified atom stereocenters. The Morgan fingerprint density at radius 2 is 1.84 bits per heavy atom. The van der Waals surface area contributed by atoms with E-state index in [0.29, 0.717) is 5.69 Å². The first-order valence-corrected chi connectivity index (χ1v) is 12.5. The van der Waals surface area contributed by atoms with Crippen molar-refractivity contribution in [1.82, 2.24) is 14.8 Å². The minimum atomic E-state index is -0.336. The fraction of sp³-hybridized carbons (Fsp3) is 0.348. The molecule has 1 aliphatic rings. The highest BCUT2D eigenvalue weighted by Gasteiger charge is 2.23. The van der Waals surface area contributed by atoms with Gasteiger partial charge in [-0.2, -0.15) is 0 Å². The van der Waals surface area contributed by atoms with Gasteiger partial charge in [0.05, 0.1) is 9.13 Å². The number of nitro groups is 1. The minimum Gasteiger partial charge on any atom is -0.357 e. The summed E-state index contributed by atoms with van der Waals surface area (Å²) in [5, 5.41) is 11.0. The van der Waals surface area contributed by atoms with Gasteiger partial charge >= 0.3 is 5.00 Å². The maximum atomic E-state index is 12.9. The van der Waals surface area contributed by atoms with Gasteiger partial charge in [0.2, 0.25) is 0 Å². The predicted octanol–water partition coefficient (Wildman–Crippen LogP) is 4.98. The van der Waals surface area contributed by atoms with E-state index >= 15 is 0 Å². The Morgan fingerprint density at radius 3 is 2.56 bits per heavy atom. The molecule has 0 saturated carbocycles. The molecule has 9 heteroatoms. The van der Waals surface area contributed by atoms with Crippen LogP contribution < -0.4 is 0 Å². The van der Waals surface area contributed by atoms with Crippen LogP contribution in [-0.2, 0) is 0 Å². The van der Waals surface area contributed by atoms with E-state index < -0.39 is 0 Å². The molecule has 1 aromatic carbocycles. The summed E-state index contributed by atoms with van der Waals surface area (Å²) >= 11 is 2.93. The third kappa shape index (κ3) is 5.79. The number of hydrogen-bond donors (Lipinski definition) is 1. The number of H-pyrrole nitrogens is 1. The number of carbonyl (C=O) groups excluding carboxylic acids is 1. The van der Waals surface area contributed by atoms with Crippen LogP contribution in [-0.4, -0.2) is 64.1 Å². The molecule has 4 rings (SSSR count). The van der Waals surface area contributed by atoms with Gasteiger partial charge in [0, 0.05) is 38.4 Å². The topological polar surface area (TPSA) is 82.5 Å². The molecule has 1 N–H and O–H groups in total. The molecule has 0 radical (unpaired) electrons. The zero-order valence-electron chi connectivity index (χ0n) is 17.7. The molecule has 3 aromatic rings. The smallest absolute Gasteiger partial charge is 0.325 e. The third-order valence-corrected chi connectivity index (χ3v) is 7.89. The highest BCUT2D eigenvalue weighted by atomic mass is 32.2. The number of rotatable bonds is 9. The maximum absolute atomic E-state index is 12.9. The highest BCUT2D eigenvalue weighted by molar-refractivity contribution is 8.01. The first-order chi connectivity index (χ1) is 15.6. The van der Waals surface area contributed by atoms with Gasteiger partial charge in [0.15, 0.2) is 0 Å². The van der Waals surface area contributed by atoms with E-state index in [-0.39, 0.29) is 15.8 Å². The number of nitrogens with zero attached hydrogens (tertiary/aromatic N) is 3. The zero-order chi connectivity index (χ0) is 22.3. The van der Waals surface area contributed by atoms with Gasteiger partial charge in [-0.05, 0) is 48.4 Å². The number of amides is 1. The van der Waals surface area contributed by atoms with Crippen LogP contribution in [0.5, 0.6) is 0 Å². The Balaban J connectivity index is 1.15. The molecular weight excluding hydrogens is 444 g/mol. The van der Waals surface area contributed by atoms with Crippen molar-refractivity contribution in [3.05, 3.63) is 70.5 Å². The predicted molar refractivity (Wildman–Crippen MR) is 130 cm³/mol. The van der Waals surface area contributed by atoms with E-state index in [1.54, 1.807) is 17.8 Å². The van der Waals surface area contributed by atoms with E-state index in [2.05, 4.69) is 9.88 Å². The number of thiophene rings is 1. The van der Waals surface area contributed by atoms with Crippen molar-refractivity contribution in [3.63, 3.8) is 0 Å². The Morgan fingerprint density at radius 1 is 1.06 bits per heavy atom. The monoisotopic (exact) mass is 470 g/mol. The van der Waals surface area contributed by atoms with Crippen molar-refractivity contribution in [2.45, 2.75) is 17.1 Å². The fourth-order valence-electron chi connectivity index (χ4n) is 3.76. The maximum Gasteiger partial charge on any atom is 0.325 e. The minimum absolute atomic E-state index is 0.0632.